The number of rotatable bonds is 3. The molecule has 1 aromatic rings. The summed E-state index contributed by atoms with van der Waals surface area (Å²) in [5, 5.41) is 14.1. The molecule has 21 heavy (non-hydrogen) atoms. The largest absolute Gasteiger partial charge is 0.416 e. The van der Waals surface area contributed by atoms with E-state index < -0.39 is 22.4 Å². The highest BCUT2D eigenvalue weighted by atomic mass is 19.4. The number of fused-ring (bicyclic) bond motifs is 2. The van der Waals surface area contributed by atoms with E-state index in [9.17, 15) is 23.3 Å². The van der Waals surface area contributed by atoms with Crippen molar-refractivity contribution in [1.82, 2.24) is 0 Å². The number of hydrogen-bond donors (Lipinski definition) is 1. The maximum absolute atomic E-state index is 12.6. The third-order valence-electron chi connectivity index (χ3n) is 4.60. The van der Waals surface area contributed by atoms with Gasteiger partial charge in [-0.2, -0.15) is 13.2 Å². The van der Waals surface area contributed by atoms with E-state index >= 15 is 0 Å². The molecule has 0 saturated heterocycles. The summed E-state index contributed by atoms with van der Waals surface area (Å²) < 4.78 is 37.9. The van der Waals surface area contributed by atoms with Crippen molar-refractivity contribution in [1.29, 1.82) is 0 Å². The molecule has 3 unspecified atom stereocenters. The highest BCUT2D eigenvalue weighted by Crippen LogP contribution is 2.46. The van der Waals surface area contributed by atoms with E-state index in [4.69, 9.17) is 0 Å². The van der Waals surface area contributed by atoms with Crippen LogP contribution in [0.25, 0.3) is 0 Å². The normalized spacial score (nSPS) is 27.9. The standard InChI is InChI=1S/C14H15F3N2O2/c15-14(16,17)10-3-4-11(13(7-10)19(20)21)18-12-6-8-1-2-9(12)5-8/h3-4,7-9,12,18H,1-2,5-6H2. The fourth-order valence-corrected chi connectivity index (χ4v) is 3.60. The number of halogens is 3. The SMILES string of the molecule is O=[N+]([O-])c1cc(C(F)(F)F)ccc1NC1CC2CCC1C2. The fraction of sp³-hybridized carbons (Fsp3) is 0.571. The molecular formula is C14H15F3N2O2. The zero-order chi connectivity index (χ0) is 15.2. The predicted molar refractivity (Wildman–Crippen MR) is 71.0 cm³/mol. The summed E-state index contributed by atoms with van der Waals surface area (Å²) in [7, 11) is 0. The van der Waals surface area contributed by atoms with Gasteiger partial charge >= 0.3 is 6.18 Å². The van der Waals surface area contributed by atoms with E-state index in [0.717, 1.165) is 25.3 Å². The molecule has 2 bridgehead atoms. The number of anilines is 1. The van der Waals surface area contributed by atoms with Gasteiger partial charge in [-0.05, 0) is 43.2 Å². The molecule has 0 radical (unpaired) electrons. The van der Waals surface area contributed by atoms with Crippen LogP contribution in [-0.4, -0.2) is 11.0 Å². The fourth-order valence-electron chi connectivity index (χ4n) is 3.60. The minimum atomic E-state index is -4.57. The molecule has 7 heteroatoms. The second-order valence-electron chi connectivity index (χ2n) is 5.91. The first-order chi connectivity index (χ1) is 9.84. The van der Waals surface area contributed by atoms with Crippen LogP contribution in [0.5, 0.6) is 0 Å². The van der Waals surface area contributed by atoms with E-state index in [1.54, 1.807) is 0 Å². The van der Waals surface area contributed by atoms with Crippen molar-refractivity contribution in [2.45, 2.75) is 37.9 Å². The molecule has 2 saturated carbocycles. The Labute approximate surface area is 119 Å². The van der Waals surface area contributed by atoms with Crippen molar-refractivity contribution in [2.75, 3.05) is 5.32 Å². The molecule has 3 atom stereocenters. The Morgan fingerprint density at radius 3 is 2.52 bits per heavy atom. The first kappa shape index (κ1) is 14.2. The second-order valence-corrected chi connectivity index (χ2v) is 5.91. The number of nitrogens with one attached hydrogen (secondary N) is 1. The second kappa shape index (κ2) is 4.89. The number of alkyl halides is 3. The summed E-state index contributed by atoms with van der Waals surface area (Å²) in [5.74, 6) is 1.14. The lowest BCUT2D eigenvalue weighted by Gasteiger charge is -2.24. The van der Waals surface area contributed by atoms with Crippen molar-refractivity contribution < 1.29 is 18.1 Å². The lowest BCUT2D eigenvalue weighted by atomic mass is 9.95. The molecule has 1 aromatic carbocycles. The maximum atomic E-state index is 12.6. The Morgan fingerprint density at radius 2 is 2.00 bits per heavy atom. The molecule has 3 rings (SSSR count). The van der Waals surface area contributed by atoms with Gasteiger partial charge in [0.1, 0.15) is 5.69 Å². The topological polar surface area (TPSA) is 55.2 Å². The number of nitrogens with zero attached hydrogens (tertiary/aromatic N) is 1. The van der Waals surface area contributed by atoms with Crippen LogP contribution in [0.15, 0.2) is 18.2 Å². The Hall–Kier alpha value is -1.79. The van der Waals surface area contributed by atoms with Gasteiger partial charge in [0, 0.05) is 12.1 Å². The van der Waals surface area contributed by atoms with Gasteiger partial charge < -0.3 is 5.32 Å². The third kappa shape index (κ3) is 2.69. The van der Waals surface area contributed by atoms with Crippen LogP contribution in [0.1, 0.15) is 31.2 Å². The summed E-state index contributed by atoms with van der Waals surface area (Å²) in [4.78, 5) is 10.3. The van der Waals surface area contributed by atoms with Crippen LogP contribution in [0.3, 0.4) is 0 Å². The maximum Gasteiger partial charge on any atom is 0.416 e. The number of nitro benzene ring substituents is 1. The van der Waals surface area contributed by atoms with Gasteiger partial charge in [0.2, 0.25) is 0 Å². The van der Waals surface area contributed by atoms with Crippen molar-refractivity contribution >= 4 is 11.4 Å². The number of hydrogen-bond acceptors (Lipinski definition) is 3. The van der Waals surface area contributed by atoms with Gasteiger partial charge in [-0.15, -0.1) is 0 Å². The molecule has 1 N–H and O–H groups in total. The van der Waals surface area contributed by atoms with E-state index in [1.165, 1.54) is 12.5 Å². The van der Waals surface area contributed by atoms with E-state index in [2.05, 4.69) is 5.32 Å². The van der Waals surface area contributed by atoms with Crippen molar-refractivity contribution in [2.24, 2.45) is 11.8 Å². The number of benzene rings is 1. The first-order valence-corrected chi connectivity index (χ1v) is 6.97. The minimum absolute atomic E-state index is 0.138. The molecule has 0 heterocycles. The minimum Gasteiger partial charge on any atom is -0.376 e. The van der Waals surface area contributed by atoms with Crippen LogP contribution >= 0.6 is 0 Å². The molecule has 2 aliphatic carbocycles. The van der Waals surface area contributed by atoms with Crippen LogP contribution < -0.4 is 5.32 Å². The highest BCUT2D eigenvalue weighted by molar-refractivity contribution is 5.63. The van der Waals surface area contributed by atoms with Gasteiger partial charge in [0.15, 0.2) is 0 Å². The Morgan fingerprint density at radius 1 is 1.24 bits per heavy atom. The van der Waals surface area contributed by atoms with Gasteiger partial charge in [-0.3, -0.25) is 10.1 Å². The van der Waals surface area contributed by atoms with Crippen molar-refractivity contribution in [3.8, 4) is 0 Å². The average molecular weight is 300 g/mol. The van der Waals surface area contributed by atoms with E-state index in [1.807, 2.05) is 0 Å². The smallest absolute Gasteiger partial charge is 0.376 e. The summed E-state index contributed by atoms with van der Waals surface area (Å²) in [6.45, 7) is 0. The number of nitro groups is 1. The summed E-state index contributed by atoms with van der Waals surface area (Å²) in [6, 6.07) is 2.81. The van der Waals surface area contributed by atoms with Crippen molar-refractivity contribution in [3.63, 3.8) is 0 Å². The molecule has 0 aromatic heterocycles. The molecule has 4 nitrogen and oxygen atoms in total. The third-order valence-corrected chi connectivity index (χ3v) is 4.60. The Kier molecular flexibility index (Phi) is 3.30. The van der Waals surface area contributed by atoms with Crippen LogP contribution in [-0.2, 0) is 6.18 Å². The summed E-state index contributed by atoms with van der Waals surface area (Å²) in [5.41, 5.74) is -1.31. The Balaban J connectivity index is 1.86. The quantitative estimate of drug-likeness (QED) is 0.672. The monoisotopic (exact) mass is 300 g/mol. The van der Waals surface area contributed by atoms with Crippen LogP contribution in [0.4, 0.5) is 24.5 Å². The van der Waals surface area contributed by atoms with Gasteiger partial charge in [0.25, 0.3) is 5.69 Å². The van der Waals surface area contributed by atoms with Gasteiger partial charge in [-0.1, -0.05) is 6.42 Å². The molecule has 114 valence electrons. The Bertz CT molecular complexity index is 574. The van der Waals surface area contributed by atoms with Crippen LogP contribution in [0.2, 0.25) is 0 Å². The predicted octanol–water partition coefficient (Wildman–Crippen LogP) is 4.21. The zero-order valence-electron chi connectivity index (χ0n) is 11.2. The lowest BCUT2D eigenvalue weighted by molar-refractivity contribution is -0.384. The summed E-state index contributed by atoms with van der Waals surface area (Å²) >= 11 is 0. The van der Waals surface area contributed by atoms with Crippen molar-refractivity contribution in [3.05, 3.63) is 33.9 Å². The highest BCUT2D eigenvalue weighted by Gasteiger charge is 2.40. The van der Waals surface area contributed by atoms with Crippen LogP contribution in [0, 0.1) is 22.0 Å². The van der Waals surface area contributed by atoms with Gasteiger partial charge in [0.05, 0.1) is 10.5 Å². The zero-order valence-corrected chi connectivity index (χ0v) is 11.2. The molecule has 0 aliphatic heterocycles. The van der Waals surface area contributed by atoms with E-state index in [0.29, 0.717) is 17.9 Å². The van der Waals surface area contributed by atoms with Gasteiger partial charge in [-0.25, -0.2) is 0 Å². The summed E-state index contributed by atoms with van der Waals surface area (Å²) in [6.07, 6.45) is -0.223. The molecule has 2 aliphatic rings. The molecule has 0 amide bonds. The van der Waals surface area contributed by atoms with E-state index in [-0.39, 0.29) is 11.7 Å². The molecule has 2 fully saturated rings. The molecule has 0 spiro atoms. The molecular weight excluding hydrogens is 285 g/mol. The average Bonchev–Trinajstić information content (AvgIpc) is 2.99. The lowest BCUT2D eigenvalue weighted by Crippen LogP contribution is -2.26. The first-order valence-electron chi connectivity index (χ1n) is 6.97.